The minimum Gasteiger partial charge on any atom is -0.380 e. The van der Waals surface area contributed by atoms with Crippen molar-refractivity contribution in [2.24, 2.45) is 0 Å². The lowest BCUT2D eigenvalue weighted by Crippen LogP contribution is -2.15. The molecule has 0 unspecified atom stereocenters. The highest BCUT2D eigenvalue weighted by Crippen LogP contribution is 2.07. The number of hydrogen-bond donors (Lipinski definition) is 1. The Bertz CT molecular complexity index is 260. The maximum absolute atomic E-state index is 5.47. The van der Waals surface area contributed by atoms with E-state index in [9.17, 15) is 0 Å². The molecule has 1 N–H and O–H groups in total. The lowest BCUT2D eigenvalue weighted by atomic mass is 10.1. The van der Waals surface area contributed by atoms with Crippen LogP contribution in [0, 0.1) is 6.92 Å². The Morgan fingerprint density at radius 3 is 2.71 bits per heavy atom. The van der Waals surface area contributed by atoms with Gasteiger partial charge in [0, 0.05) is 6.54 Å². The third-order valence-electron chi connectivity index (χ3n) is 2.27. The van der Waals surface area contributed by atoms with Gasteiger partial charge in [0.2, 0.25) is 0 Å². The fraction of sp³-hybridized carbons (Fsp3) is 0.500. The molecule has 0 aliphatic heterocycles. The zero-order chi connectivity index (χ0) is 10.2. The Labute approximate surface area is 86.3 Å². The summed E-state index contributed by atoms with van der Waals surface area (Å²) in [7, 11) is 1.94. The van der Waals surface area contributed by atoms with Gasteiger partial charge in [0.1, 0.15) is 0 Å². The van der Waals surface area contributed by atoms with Gasteiger partial charge in [0.15, 0.2) is 0 Å². The highest BCUT2D eigenvalue weighted by atomic mass is 16.5. The van der Waals surface area contributed by atoms with Gasteiger partial charge in [-0.2, -0.15) is 0 Å². The van der Waals surface area contributed by atoms with Crippen molar-refractivity contribution in [3.05, 3.63) is 35.4 Å². The SMILES string of the molecule is CNCCOCCc1ccccc1C. The van der Waals surface area contributed by atoms with Crippen LogP contribution in [0.4, 0.5) is 0 Å². The quantitative estimate of drug-likeness (QED) is 0.695. The van der Waals surface area contributed by atoms with Crippen molar-refractivity contribution in [3.8, 4) is 0 Å². The van der Waals surface area contributed by atoms with Gasteiger partial charge >= 0.3 is 0 Å². The molecule has 0 atom stereocenters. The first-order valence-electron chi connectivity index (χ1n) is 5.11. The predicted molar refractivity (Wildman–Crippen MR) is 59.6 cm³/mol. The molecule has 1 aromatic carbocycles. The van der Waals surface area contributed by atoms with Crippen LogP contribution in [-0.4, -0.2) is 26.8 Å². The van der Waals surface area contributed by atoms with E-state index >= 15 is 0 Å². The predicted octanol–water partition coefficient (Wildman–Crippen LogP) is 1.77. The van der Waals surface area contributed by atoms with E-state index in [4.69, 9.17) is 4.74 Å². The van der Waals surface area contributed by atoms with Gasteiger partial charge < -0.3 is 10.1 Å². The van der Waals surface area contributed by atoms with E-state index in [2.05, 4.69) is 36.5 Å². The maximum Gasteiger partial charge on any atom is 0.0590 e. The van der Waals surface area contributed by atoms with Crippen LogP contribution in [0.1, 0.15) is 11.1 Å². The van der Waals surface area contributed by atoms with Crippen molar-refractivity contribution in [1.29, 1.82) is 0 Å². The molecule has 0 fully saturated rings. The summed E-state index contributed by atoms with van der Waals surface area (Å²) in [6.45, 7) is 4.67. The first-order valence-corrected chi connectivity index (χ1v) is 5.11. The number of hydrogen-bond acceptors (Lipinski definition) is 2. The van der Waals surface area contributed by atoms with Crippen molar-refractivity contribution in [2.45, 2.75) is 13.3 Å². The molecule has 2 nitrogen and oxygen atoms in total. The van der Waals surface area contributed by atoms with Crippen LogP contribution in [0.15, 0.2) is 24.3 Å². The number of aryl methyl sites for hydroxylation is 1. The van der Waals surface area contributed by atoms with Crippen LogP contribution in [0.3, 0.4) is 0 Å². The molecular formula is C12H19NO. The summed E-state index contributed by atoms with van der Waals surface area (Å²) in [6, 6.07) is 8.45. The van der Waals surface area contributed by atoms with Gasteiger partial charge in [-0.05, 0) is 31.5 Å². The second-order valence-corrected chi connectivity index (χ2v) is 3.39. The number of rotatable bonds is 6. The number of nitrogens with one attached hydrogen (secondary N) is 1. The van der Waals surface area contributed by atoms with E-state index in [1.165, 1.54) is 11.1 Å². The van der Waals surface area contributed by atoms with Crippen LogP contribution in [0.5, 0.6) is 0 Å². The molecule has 1 rings (SSSR count). The number of ether oxygens (including phenoxy) is 1. The topological polar surface area (TPSA) is 21.3 Å². The number of likely N-dealkylation sites (N-methyl/N-ethyl adjacent to an activating group) is 1. The van der Waals surface area contributed by atoms with Gasteiger partial charge in [-0.25, -0.2) is 0 Å². The van der Waals surface area contributed by atoms with E-state index in [1.807, 2.05) is 7.05 Å². The van der Waals surface area contributed by atoms with E-state index in [-0.39, 0.29) is 0 Å². The summed E-state index contributed by atoms with van der Waals surface area (Å²) in [5, 5.41) is 3.05. The minimum atomic E-state index is 0.794. The average molecular weight is 193 g/mol. The molecule has 0 bridgehead atoms. The molecule has 0 aliphatic rings. The second-order valence-electron chi connectivity index (χ2n) is 3.39. The fourth-order valence-electron chi connectivity index (χ4n) is 1.35. The maximum atomic E-state index is 5.47. The Hall–Kier alpha value is -0.860. The van der Waals surface area contributed by atoms with Crippen LogP contribution < -0.4 is 5.32 Å². The molecule has 0 aliphatic carbocycles. The summed E-state index contributed by atoms with van der Waals surface area (Å²) >= 11 is 0. The lowest BCUT2D eigenvalue weighted by molar-refractivity contribution is 0.140. The smallest absolute Gasteiger partial charge is 0.0590 e. The normalized spacial score (nSPS) is 10.4. The summed E-state index contributed by atoms with van der Waals surface area (Å²) in [6.07, 6.45) is 1.01. The van der Waals surface area contributed by atoms with Crippen molar-refractivity contribution < 1.29 is 4.74 Å². The third kappa shape index (κ3) is 3.90. The summed E-state index contributed by atoms with van der Waals surface area (Å²) in [5.41, 5.74) is 2.74. The van der Waals surface area contributed by atoms with Gasteiger partial charge in [-0.3, -0.25) is 0 Å². The molecule has 0 saturated carbocycles. The summed E-state index contributed by atoms with van der Waals surface area (Å²) in [4.78, 5) is 0. The van der Waals surface area contributed by atoms with Crippen LogP contribution in [0.25, 0.3) is 0 Å². The highest BCUT2D eigenvalue weighted by molar-refractivity contribution is 5.25. The molecule has 0 radical (unpaired) electrons. The van der Waals surface area contributed by atoms with Crippen LogP contribution in [0.2, 0.25) is 0 Å². The molecule has 2 heteroatoms. The minimum absolute atomic E-state index is 0.794. The fourth-order valence-corrected chi connectivity index (χ4v) is 1.35. The van der Waals surface area contributed by atoms with E-state index in [0.29, 0.717) is 0 Å². The van der Waals surface area contributed by atoms with Gasteiger partial charge in [0.25, 0.3) is 0 Å². The first-order chi connectivity index (χ1) is 6.84. The Morgan fingerprint density at radius 2 is 2.00 bits per heavy atom. The van der Waals surface area contributed by atoms with Crippen LogP contribution in [-0.2, 0) is 11.2 Å². The molecule has 0 amide bonds. The molecule has 1 aromatic rings. The molecule has 0 heterocycles. The standard InChI is InChI=1S/C12H19NO/c1-11-5-3-4-6-12(11)7-9-14-10-8-13-2/h3-6,13H,7-10H2,1-2H3. The Kier molecular flexibility index (Phi) is 5.27. The molecule has 0 aromatic heterocycles. The van der Waals surface area contributed by atoms with Gasteiger partial charge in [-0.1, -0.05) is 24.3 Å². The van der Waals surface area contributed by atoms with E-state index < -0.39 is 0 Å². The highest BCUT2D eigenvalue weighted by Gasteiger charge is 1.96. The number of benzene rings is 1. The molecular weight excluding hydrogens is 174 g/mol. The van der Waals surface area contributed by atoms with Crippen molar-refractivity contribution in [2.75, 3.05) is 26.8 Å². The van der Waals surface area contributed by atoms with Gasteiger partial charge in [0.05, 0.1) is 13.2 Å². The third-order valence-corrected chi connectivity index (χ3v) is 2.27. The van der Waals surface area contributed by atoms with Crippen molar-refractivity contribution in [3.63, 3.8) is 0 Å². The summed E-state index contributed by atoms with van der Waals surface area (Å²) in [5.74, 6) is 0. The molecule has 0 saturated heterocycles. The first kappa shape index (κ1) is 11.2. The van der Waals surface area contributed by atoms with Crippen molar-refractivity contribution >= 4 is 0 Å². The molecule has 78 valence electrons. The van der Waals surface area contributed by atoms with Gasteiger partial charge in [-0.15, -0.1) is 0 Å². The largest absolute Gasteiger partial charge is 0.380 e. The van der Waals surface area contributed by atoms with Crippen LogP contribution >= 0.6 is 0 Å². The molecule has 0 spiro atoms. The van der Waals surface area contributed by atoms with E-state index in [1.54, 1.807) is 0 Å². The lowest BCUT2D eigenvalue weighted by Gasteiger charge is -2.06. The second kappa shape index (κ2) is 6.57. The molecule has 14 heavy (non-hydrogen) atoms. The van der Waals surface area contributed by atoms with E-state index in [0.717, 1.165) is 26.2 Å². The zero-order valence-corrected chi connectivity index (χ0v) is 9.05. The Balaban J connectivity index is 2.21. The Morgan fingerprint density at radius 1 is 1.21 bits per heavy atom. The average Bonchev–Trinajstić information content (AvgIpc) is 2.20. The van der Waals surface area contributed by atoms with Crippen molar-refractivity contribution in [1.82, 2.24) is 5.32 Å². The zero-order valence-electron chi connectivity index (χ0n) is 9.05. The summed E-state index contributed by atoms with van der Waals surface area (Å²) < 4.78 is 5.47. The monoisotopic (exact) mass is 193 g/mol.